The van der Waals surface area contributed by atoms with Gasteiger partial charge in [0, 0.05) is 12.6 Å². The van der Waals surface area contributed by atoms with E-state index in [1.165, 1.54) is 16.7 Å². The van der Waals surface area contributed by atoms with E-state index >= 15 is 0 Å². The minimum atomic E-state index is 0.349. The van der Waals surface area contributed by atoms with Gasteiger partial charge in [-0.25, -0.2) is 0 Å². The maximum absolute atomic E-state index is 5.16. The molecule has 2 aromatic carbocycles. The summed E-state index contributed by atoms with van der Waals surface area (Å²) in [6, 6.07) is 17.1. The topological polar surface area (TPSA) is 21.3 Å². The van der Waals surface area contributed by atoms with Gasteiger partial charge < -0.3 is 10.1 Å². The number of methoxy groups -OCH3 is 1. The third kappa shape index (κ3) is 3.83. The van der Waals surface area contributed by atoms with Gasteiger partial charge >= 0.3 is 0 Å². The smallest absolute Gasteiger partial charge is 0.118 e. The lowest BCUT2D eigenvalue weighted by Gasteiger charge is -2.15. The molecule has 0 fully saturated rings. The molecule has 2 heteroatoms. The van der Waals surface area contributed by atoms with Crippen molar-refractivity contribution in [2.45, 2.75) is 26.4 Å². The van der Waals surface area contributed by atoms with Crippen molar-refractivity contribution in [3.05, 3.63) is 65.2 Å². The van der Waals surface area contributed by atoms with Crippen molar-refractivity contribution in [3.8, 4) is 5.75 Å². The summed E-state index contributed by atoms with van der Waals surface area (Å²) in [6.45, 7) is 5.18. The Balaban J connectivity index is 1.94. The number of nitrogens with one attached hydrogen (secondary N) is 1. The molecule has 1 unspecified atom stereocenters. The van der Waals surface area contributed by atoms with E-state index in [9.17, 15) is 0 Å². The molecule has 100 valence electrons. The van der Waals surface area contributed by atoms with E-state index in [0.717, 1.165) is 12.3 Å². The van der Waals surface area contributed by atoms with Gasteiger partial charge in [0.1, 0.15) is 5.75 Å². The highest BCUT2D eigenvalue weighted by atomic mass is 16.5. The van der Waals surface area contributed by atoms with Crippen LogP contribution < -0.4 is 10.1 Å². The maximum Gasteiger partial charge on any atom is 0.118 e. The van der Waals surface area contributed by atoms with Crippen LogP contribution in [0.25, 0.3) is 0 Å². The van der Waals surface area contributed by atoms with E-state index in [1.807, 2.05) is 12.1 Å². The predicted molar refractivity (Wildman–Crippen MR) is 79.4 cm³/mol. The quantitative estimate of drug-likeness (QED) is 0.876. The van der Waals surface area contributed by atoms with Gasteiger partial charge in [-0.15, -0.1) is 0 Å². The van der Waals surface area contributed by atoms with Crippen LogP contribution in [0.2, 0.25) is 0 Å². The molecule has 0 radical (unpaired) electrons. The number of hydrogen-bond donors (Lipinski definition) is 1. The molecular weight excluding hydrogens is 234 g/mol. The fraction of sp³-hybridized carbons (Fsp3) is 0.294. The highest BCUT2D eigenvalue weighted by Crippen LogP contribution is 2.16. The normalized spacial score (nSPS) is 12.2. The summed E-state index contributed by atoms with van der Waals surface area (Å²) in [6.07, 6.45) is 0. The molecule has 0 amide bonds. The Morgan fingerprint density at radius 2 is 1.84 bits per heavy atom. The average Bonchev–Trinajstić information content (AvgIpc) is 2.45. The summed E-state index contributed by atoms with van der Waals surface area (Å²) in [5.41, 5.74) is 3.89. The molecule has 0 aliphatic heterocycles. The van der Waals surface area contributed by atoms with Crippen LogP contribution in [0.1, 0.15) is 29.7 Å². The zero-order valence-corrected chi connectivity index (χ0v) is 11.8. The minimum absolute atomic E-state index is 0.349. The van der Waals surface area contributed by atoms with Gasteiger partial charge in [0.25, 0.3) is 0 Å². The van der Waals surface area contributed by atoms with Crippen LogP contribution in [-0.2, 0) is 6.54 Å². The lowest BCUT2D eigenvalue weighted by atomic mass is 10.1. The Labute approximate surface area is 115 Å². The largest absolute Gasteiger partial charge is 0.497 e. The van der Waals surface area contributed by atoms with Crippen molar-refractivity contribution in [1.29, 1.82) is 0 Å². The van der Waals surface area contributed by atoms with Crippen molar-refractivity contribution in [3.63, 3.8) is 0 Å². The van der Waals surface area contributed by atoms with Crippen LogP contribution in [0.4, 0.5) is 0 Å². The van der Waals surface area contributed by atoms with Crippen molar-refractivity contribution in [2.75, 3.05) is 7.11 Å². The molecule has 0 saturated heterocycles. The minimum Gasteiger partial charge on any atom is -0.497 e. The number of rotatable bonds is 5. The highest BCUT2D eigenvalue weighted by molar-refractivity contribution is 5.28. The van der Waals surface area contributed by atoms with Gasteiger partial charge in [-0.2, -0.15) is 0 Å². The first kappa shape index (κ1) is 13.6. The van der Waals surface area contributed by atoms with E-state index in [2.05, 4.69) is 55.6 Å². The molecule has 2 rings (SSSR count). The first-order chi connectivity index (χ1) is 9.19. The Morgan fingerprint density at radius 3 is 2.47 bits per heavy atom. The van der Waals surface area contributed by atoms with Crippen LogP contribution in [0.15, 0.2) is 48.5 Å². The van der Waals surface area contributed by atoms with Gasteiger partial charge in [-0.3, -0.25) is 0 Å². The fourth-order valence-electron chi connectivity index (χ4n) is 2.07. The first-order valence-electron chi connectivity index (χ1n) is 6.62. The molecule has 1 N–H and O–H groups in total. The summed E-state index contributed by atoms with van der Waals surface area (Å²) in [7, 11) is 1.69. The van der Waals surface area contributed by atoms with E-state index in [-0.39, 0.29) is 0 Å². The molecule has 0 bridgehead atoms. The standard InChI is InChI=1S/C17H21NO/c1-13-5-4-6-16(11-13)14(2)18-12-15-7-9-17(19-3)10-8-15/h4-11,14,18H,12H2,1-3H3. The summed E-state index contributed by atoms with van der Waals surface area (Å²) in [4.78, 5) is 0. The third-order valence-corrected chi connectivity index (χ3v) is 3.31. The molecule has 2 aromatic rings. The lowest BCUT2D eigenvalue weighted by Crippen LogP contribution is -2.18. The third-order valence-electron chi connectivity index (χ3n) is 3.31. The molecule has 0 aliphatic carbocycles. The van der Waals surface area contributed by atoms with Gasteiger partial charge in [0.15, 0.2) is 0 Å². The van der Waals surface area contributed by atoms with E-state index in [4.69, 9.17) is 4.74 Å². The van der Waals surface area contributed by atoms with Crippen molar-refractivity contribution in [2.24, 2.45) is 0 Å². The summed E-state index contributed by atoms with van der Waals surface area (Å²) < 4.78 is 5.16. The molecule has 0 spiro atoms. The molecule has 2 nitrogen and oxygen atoms in total. The molecule has 0 heterocycles. The summed E-state index contributed by atoms with van der Waals surface area (Å²) in [5, 5.41) is 3.54. The molecule has 19 heavy (non-hydrogen) atoms. The monoisotopic (exact) mass is 255 g/mol. The zero-order chi connectivity index (χ0) is 13.7. The van der Waals surface area contributed by atoms with Gasteiger partial charge in [-0.1, -0.05) is 42.0 Å². The number of ether oxygens (including phenoxy) is 1. The van der Waals surface area contributed by atoms with E-state index in [0.29, 0.717) is 6.04 Å². The number of aryl methyl sites for hydroxylation is 1. The molecular formula is C17H21NO. The Morgan fingerprint density at radius 1 is 1.11 bits per heavy atom. The second-order valence-corrected chi connectivity index (χ2v) is 4.86. The van der Waals surface area contributed by atoms with Gasteiger partial charge in [-0.05, 0) is 37.1 Å². The average molecular weight is 255 g/mol. The second-order valence-electron chi connectivity index (χ2n) is 4.86. The van der Waals surface area contributed by atoms with Crippen LogP contribution >= 0.6 is 0 Å². The van der Waals surface area contributed by atoms with Gasteiger partial charge in [0.2, 0.25) is 0 Å². The van der Waals surface area contributed by atoms with Crippen LogP contribution in [-0.4, -0.2) is 7.11 Å². The van der Waals surface area contributed by atoms with E-state index < -0.39 is 0 Å². The number of hydrogen-bond acceptors (Lipinski definition) is 2. The first-order valence-corrected chi connectivity index (χ1v) is 6.62. The van der Waals surface area contributed by atoms with Crippen molar-refractivity contribution < 1.29 is 4.74 Å². The Kier molecular flexibility index (Phi) is 4.58. The SMILES string of the molecule is COc1ccc(CNC(C)c2cccc(C)c2)cc1. The van der Waals surface area contributed by atoms with Crippen molar-refractivity contribution >= 4 is 0 Å². The molecule has 0 aliphatic rings. The summed E-state index contributed by atoms with van der Waals surface area (Å²) >= 11 is 0. The second kappa shape index (κ2) is 6.39. The van der Waals surface area contributed by atoms with Gasteiger partial charge in [0.05, 0.1) is 7.11 Å². The van der Waals surface area contributed by atoms with Crippen LogP contribution in [0.3, 0.4) is 0 Å². The fourth-order valence-corrected chi connectivity index (χ4v) is 2.07. The maximum atomic E-state index is 5.16. The van der Waals surface area contributed by atoms with E-state index in [1.54, 1.807) is 7.11 Å². The predicted octanol–water partition coefficient (Wildman–Crippen LogP) is 3.85. The number of benzene rings is 2. The highest BCUT2D eigenvalue weighted by Gasteiger charge is 2.04. The van der Waals surface area contributed by atoms with Crippen LogP contribution in [0.5, 0.6) is 5.75 Å². The van der Waals surface area contributed by atoms with Crippen molar-refractivity contribution in [1.82, 2.24) is 5.32 Å². The Hall–Kier alpha value is -1.80. The molecule has 1 atom stereocenters. The zero-order valence-electron chi connectivity index (χ0n) is 11.8. The lowest BCUT2D eigenvalue weighted by molar-refractivity contribution is 0.414. The molecule has 0 saturated carbocycles. The Bertz CT molecular complexity index is 519. The summed E-state index contributed by atoms with van der Waals surface area (Å²) in [5.74, 6) is 0.899. The molecule has 0 aromatic heterocycles. The van der Waals surface area contributed by atoms with Crippen LogP contribution in [0, 0.1) is 6.92 Å².